The van der Waals surface area contributed by atoms with Crippen LogP contribution < -0.4 is 56.6 Å². The summed E-state index contributed by atoms with van der Waals surface area (Å²) in [4.78, 5) is 24.1. The van der Waals surface area contributed by atoms with Crippen molar-refractivity contribution in [2.24, 2.45) is 5.41 Å². The Hall–Kier alpha value is -6.21. The van der Waals surface area contributed by atoms with Crippen molar-refractivity contribution in [2.75, 3.05) is 47.3 Å². The summed E-state index contributed by atoms with van der Waals surface area (Å²) >= 11 is 0. The van der Waals surface area contributed by atoms with Gasteiger partial charge in [0.2, 0.25) is 0 Å². The minimum atomic E-state index is -0.686. The number of allylic oxidation sites excluding steroid dienone is 1. The molecule has 0 aromatic heterocycles. The van der Waals surface area contributed by atoms with Crippen LogP contribution in [0.3, 0.4) is 0 Å². The number of benzene rings is 8. The van der Waals surface area contributed by atoms with E-state index in [0.717, 1.165) is 58.2 Å². The molecule has 506 valence electrons. The first-order valence-corrected chi connectivity index (χ1v) is 33.7. The molecule has 97 heavy (non-hydrogen) atoms. The number of carbonyl (C=O) groups is 2. The number of hydrogen-bond acceptors (Lipinski definition) is 6. The average molecular weight is 1290 g/mol. The molecule has 0 bridgehead atoms. The topological polar surface area (TPSA) is 71.1 Å². The molecule has 0 radical (unpaired) electrons. The fourth-order valence-corrected chi connectivity index (χ4v) is 10.7. The number of rotatable bonds is 27. The van der Waals surface area contributed by atoms with Crippen LogP contribution in [0.2, 0.25) is 0 Å². The summed E-state index contributed by atoms with van der Waals surface area (Å²) in [6.07, 6.45) is 16.1. The first-order chi connectivity index (χ1) is 45.3. The summed E-state index contributed by atoms with van der Waals surface area (Å²) in [6.45, 7) is 28.6. The van der Waals surface area contributed by atoms with Gasteiger partial charge >= 0.3 is 62.6 Å². The van der Waals surface area contributed by atoms with Crippen molar-refractivity contribution in [3.05, 3.63) is 325 Å². The summed E-state index contributed by atoms with van der Waals surface area (Å²) in [6, 6.07) is 84.9. The number of unbranched alkanes of at least 4 members (excludes halogenated alkanes) is 1. The third-order valence-corrected chi connectivity index (χ3v) is 16.0. The van der Waals surface area contributed by atoms with Crippen LogP contribution in [0.25, 0.3) is 6.08 Å². The molecule has 0 N–H and O–H groups in total. The summed E-state index contributed by atoms with van der Waals surface area (Å²) in [5, 5.41) is 0. The normalized spacial score (nSPS) is 11.4. The van der Waals surface area contributed by atoms with Crippen LogP contribution in [0, 0.1) is 24.7 Å². The SMILES string of the molecule is C.C1CCOC1.C=C(C)C(=O)CCCOC.C=Cc1ccccc1.CCC(CC(CC(C)(C)C(=O)OCCOC)(c1ccccc1)c1ccccc1)c1ccccc1.CCC(C[C-](c1ccccc1)c1ccccc1)c1ccccc1.CC[CH-]c1ccccc1.[CH2-]CCC.[Li+].[Li+].[Li+]. The van der Waals surface area contributed by atoms with Crippen molar-refractivity contribution in [1.29, 1.82) is 0 Å². The zero-order valence-corrected chi connectivity index (χ0v) is 61.0. The van der Waals surface area contributed by atoms with E-state index in [0.29, 0.717) is 43.5 Å². The molecule has 1 saturated heterocycles. The van der Waals surface area contributed by atoms with Crippen molar-refractivity contribution in [1.82, 2.24) is 0 Å². The number of Topliss-reactive ketones (excluding diaryl/α,β-unsaturated/α-hetero) is 1. The first kappa shape index (κ1) is 92.8. The Kier molecular flexibility index (Phi) is 55.2. The zero-order valence-electron chi connectivity index (χ0n) is 61.0. The maximum absolute atomic E-state index is 13.2. The molecule has 9 heteroatoms. The van der Waals surface area contributed by atoms with Gasteiger partial charge < -0.3 is 25.9 Å². The van der Waals surface area contributed by atoms with E-state index in [-0.39, 0.29) is 87.8 Å². The van der Waals surface area contributed by atoms with Crippen LogP contribution in [0.4, 0.5) is 0 Å². The maximum atomic E-state index is 13.2. The van der Waals surface area contributed by atoms with Crippen LogP contribution >= 0.6 is 0 Å². The summed E-state index contributed by atoms with van der Waals surface area (Å²) in [5.41, 5.74) is 9.96. The van der Waals surface area contributed by atoms with Gasteiger partial charge in [0, 0.05) is 45.9 Å². The Balaban J connectivity index is 0. The Morgan fingerprint density at radius 3 is 1.33 bits per heavy atom. The Labute approximate surface area is 626 Å². The number of carbonyl (C=O) groups excluding carboxylic acids is 2. The molecule has 8 aromatic carbocycles. The first-order valence-electron chi connectivity index (χ1n) is 33.7. The van der Waals surface area contributed by atoms with E-state index < -0.39 is 5.41 Å². The van der Waals surface area contributed by atoms with Gasteiger partial charge in [0.05, 0.1) is 12.0 Å². The molecule has 1 heterocycles. The predicted molar refractivity (Wildman–Crippen MR) is 402 cm³/mol. The molecule has 8 aromatic rings. The van der Waals surface area contributed by atoms with Gasteiger partial charge in [0.25, 0.3) is 0 Å². The molecule has 1 fully saturated rings. The molecule has 0 spiro atoms. The second kappa shape index (κ2) is 57.7. The van der Waals surface area contributed by atoms with E-state index in [9.17, 15) is 9.59 Å². The van der Waals surface area contributed by atoms with E-state index >= 15 is 0 Å². The van der Waals surface area contributed by atoms with E-state index in [2.05, 4.69) is 260 Å². The van der Waals surface area contributed by atoms with Crippen molar-refractivity contribution in [2.45, 2.75) is 150 Å². The molecule has 0 aliphatic carbocycles. The van der Waals surface area contributed by atoms with Crippen LogP contribution in [-0.2, 0) is 34.0 Å². The van der Waals surface area contributed by atoms with Crippen LogP contribution in [0.15, 0.2) is 261 Å². The van der Waals surface area contributed by atoms with Crippen molar-refractivity contribution in [3.63, 3.8) is 0 Å². The number of hydrogen-bond donors (Lipinski definition) is 0. The van der Waals surface area contributed by atoms with Crippen molar-refractivity contribution in [3.8, 4) is 0 Å². The fraction of sp³-hybridized carbons (Fsp3) is 0.352. The molecule has 0 amide bonds. The van der Waals surface area contributed by atoms with Gasteiger partial charge in [-0.3, -0.25) is 9.59 Å². The molecular formula is C88H115Li3O6. The third-order valence-electron chi connectivity index (χ3n) is 16.0. The van der Waals surface area contributed by atoms with Crippen molar-refractivity contribution >= 4 is 17.8 Å². The monoisotopic (exact) mass is 1290 g/mol. The van der Waals surface area contributed by atoms with E-state index in [1.165, 1.54) is 69.7 Å². The molecule has 2 unspecified atom stereocenters. The second-order valence-corrected chi connectivity index (χ2v) is 23.8. The Morgan fingerprint density at radius 1 is 0.588 bits per heavy atom. The fourth-order valence-electron chi connectivity index (χ4n) is 10.7. The third kappa shape index (κ3) is 37.5. The molecular weight excluding hydrogens is 1170 g/mol. The second-order valence-electron chi connectivity index (χ2n) is 23.8. The van der Waals surface area contributed by atoms with E-state index in [1.54, 1.807) is 21.1 Å². The summed E-state index contributed by atoms with van der Waals surface area (Å²) in [5.74, 6) is 2.28. The smallest absolute Gasteiger partial charge is 0.463 e. The quantitative estimate of drug-likeness (QED) is 0.0168. The molecule has 9 rings (SSSR count). The molecule has 1 aliphatic rings. The standard InChI is InChI=1S/C31H38O3.C23H23.C9H11.C8H14O2.C8H8.C4H8O.C4H9.CH4.3Li/c1-5-25(26-15-9-6-10-16-26)23-31(27-17-11-7-12-18-27,28-19-13-8-14-20-28)24-30(2,3)29(32)34-22-21-33-4;1-2-19(20-12-6-3-7-13-20)18-23(21-14-8-4-9-15-21)22-16-10-5-11-17-22;1-2-6-9-7-4-3-5-8-9;1-7(2)8(9)5-4-6-10-3;1-2-8-6-4-3-5-7-8;1-2-4-5-3-1;1-3-4-2;;;;/h6-20,25H,5,21-24H2,1-4H3;3-17,19H,2,18H2,1H3;3-8H,2H2,1H3;1,4-6H2,2-3H3;2-7H,1H2;1-4H2;1,3-4H2,2H3;1H4;;;/q;2*-1;;;;-1;;3*+1. The molecule has 0 saturated carbocycles. The zero-order chi connectivity index (χ0) is 67.6. The maximum Gasteiger partial charge on any atom is 1.00 e. The molecule has 1 aliphatic heterocycles. The molecule has 6 nitrogen and oxygen atoms in total. The van der Waals surface area contributed by atoms with Gasteiger partial charge in [-0.1, -0.05) is 261 Å². The van der Waals surface area contributed by atoms with Crippen LogP contribution in [0.1, 0.15) is 189 Å². The van der Waals surface area contributed by atoms with Gasteiger partial charge in [0.15, 0.2) is 5.78 Å². The summed E-state index contributed by atoms with van der Waals surface area (Å²) in [7, 11) is 3.24. The van der Waals surface area contributed by atoms with Gasteiger partial charge in [-0.2, -0.15) is 30.5 Å². The number of ether oxygens (including phenoxy) is 4. The Morgan fingerprint density at radius 2 is 0.979 bits per heavy atom. The number of esters is 1. The van der Waals surface area contributed by atoms with Gasteiger partial charge in [-0.05, 0) is 117 Å². The minimum absolute atomic E-state index is 0. The molecule has 2 atom stereocenters. The Bertz CT molecular complexity index is 3020. The number of methoxy groups -OCH3 is 2. The minimum Gasteiger partial charge on any atom is -0.463 e. The van der Waals surface area contributed by atoms with Gasteiger partial charge in [0.1, 0.15) is 6.61 Å². The predicted octanol–water partition coefficient (Wildman–Crippen LogP) is 14.0. The summed E-state index contributed by atoms with van der Waals surface area (Å²) < 4.78 is 20.4. The van der Waals surface area contributed by atoms with Crippen LogP contribution in [-0.4, -0.2) is 59.0 Å². The van der Waals surface area contributed by atoms with E-state index in [4.69, 9.17) is 18.9 Å². The largest absolute Gasteiger partial charge is 1.00 e. The van der Waals surface area contributed by atoms with Gasteiger partial charge in [-0.15, -0.1) is 53.4 Å². The number of ketones is 1. The van der Waals surface area contributed by atoms with E-state index in [1.807, 2.05) is 56.3 Å². The van der Waals surface area contributed by atoms with Crippen LogP contribution in [0.5, 0.6) is 0 Å². The van der Waals surface area contributed by atoms with Gasteiger partial charge in [-0.25, -0.2) is 0 Å². The van der Waals surface area contributed by atoms with Crippen molar-refractivity contribution < 1.29 is 85.1 Å². The average Bonchev–Trinajstić information content (AvgIpc) is 0.768.